The Hall–Kier alpha value is -4.66. The second-order valence-electron chi connectivity index (χ2n) is 13.4. The number of hydrogen-bond donors (Lipinski definition) is 2. The first-order chi connectivity index (χ1) is 23.9. The molecule has 1 saturated carbocycles. The van der Waals surface area contributed by atoms with E-state index in [-0.39, 0.29) is 29.6 Å². The van der Waals surface area contributed by atoms with E-state index in [1.807, 2.05) is 12.1 Å². The Labute approximate surface area is 291 Å². The number of amides is 3. The number of alkyl halides is 3. The minimum Gasteiger partial charge on any atom is -0.454 e. The number of likely N-dealkylation sites (tertiary alicyclic amines) is 3. The van der Waals surface area contributed by atoms with Gasteiger partial charge in [-0.2, -0.15) is 28.1 Å². The number of carbonyl (C=O) groups is 3. The second kappa shape index (κ2) is 13.6. The van der Waals surface area contributed by atoms with Crippen molar-refractivity contribution < 1.29 is 32.3 Å². The molecular weight excluding hydrogens is 677 g/mol. The first kappa shape index (κ1) is 33.8. The van der Waals surface area contributed by atoms with Crippen LogP contribution in [0.2, 0.25) is 5.02 Å². The van der Waals surface area contributed by atoms with Crippen LogP contribution in [-0.2, 0) is 15.1 Å². The lowest BCUT2D eigenvalue weighted by Crippen LogP contribution is -2.47. The number of ether oxygens (including phenoxy) is 1. The molecular formula is C34H36ClF3N8O4. The third-order valence-electron chi connectivity index (χ3n) is 9.75. The minimum atomic E-state index is -4.59. The molecule has 1 aromatic heterocycles. The normalized spacial score (nSPS) is 21.1. The highest BCUT2D eigenvalue weighted by Crippen LogP contribution is 2.48. The average molecular weight is 713 g/mol. The van der Waals surface area contributed by atoms with Crippen LogP contribution in [0.25, 0.3) is 0 Å². The molecule has 0 radical (unpaired) electrons. The smallest absolute Gasteiger partial charge is 0.422 e. The Bertz CT molecular complexity index is 1740. The van der Waals surface area contributed by atoms with Crippen LogP contribution in [0, 0.1) is 11.8 Å². The standard InChI is InChI=1S/C34H36ClF3N8O4/c35-25-8-6-24(7-9-25)33(12-13-33)43-31-40-30(41-32(42-31)50-20-34(36,37)38)39-26-10-4-21(5-11-26)27(47)45-16-22-18-46(19-23(22)17-45)29(49)28(48)44-14-2-1-3-15-44/h4-11,22-23H,1-3,12-20H2,(H2,39,40,41,42,43). The molecule has 0 bridgehead atoms. The molecule has 4 heterocycles. The van der Waals surface area contributed by atoms with Gasteiger partial charge in [0.15, 0.2) is 6.61 Å². The minimum absolute atomic E-state index is 0.0367. The maximum absolute atomic E-state index is 13.4. The van der Waals surface area contributed by atoms with Gasteiger partial charge in [-0.3, -0.25) is 14.4 Å². The zero-order valence-electron chi connectivity index (χ0n) is 27.1. The van der Waals surface area contributed by atoms with Gasteiger partial charge in [-0.15, -0.1) is 0 Å². The Morgan fingerprint density at radius 1 is 0.800 bits per heavy atom. The molecule has 7 rings (SSSR count). The zero-order chi connectivity index (χ0) is 35.0. The molecule has 2 unspecified atom stereocenters. The molecule has 3 amide bonds. The molecule has 16 heteroatoms. The molecule has 1 aliphatic carbocycles. The van der Waals surface area contributed by atoms with Gasteiger partial charge in [0.1, 0.15) is 0 Å². The van der Waals surface area contributed by atoms with E-state index in [0.29, 0.717) is 55.5 Å². The van der Waals surface area contributed by atoms with Crippen molar-refractivity contribution in [1.29, 1.82) is 0 Å². The van der Waals surface area contributed by atoms with E-state index in [1.165, 1.54) is 0 Å². The molecule has 4 fully saturated rings. The number of fused-ring (bicyclic) bond motifs is 1. The number of carbonyl (C=O) groups excluding carboxylic acids is 3. The summed E-state index contributed by atoms with van der Waals surface area (Å²) in [7, 11) is 0. The third kappa shape index (κ3) is 7.57. The predicted octanol–water partition coefficient (Wildman–Crippen LogP) is 4.85. The topological polar surface area (TPSA) is 133 Å². The Morgan fingerprint density at radius 3 is 2.02 bits per heavy atom. The number of hydrogen-bond acceptors (Lipinski definition) is 9. The van der Waals surface area contributed by atoms with Crippen molar-refractivity contribution in [2.75, 3.05) is 56.5 Å². The summed E-state index contributed by atoms with van der Waals surface area (Å²) < 4.78 is 43.7. The molecule has 3 saturated heterocycles. The lowest BCUT2D eigenvalue weighted by Gasteiger charge is -2.28. The molecule has 2 N–H and O–H groups in total. The molecule has 2 aromatic carbocycles. The van der Waals surface area contributed by atoms with Crippen LogP contribution in [0.15, 0.2) is 48.5 Å². The van der Waals surface area contributed by atoms with Crippen molar-refractivity contribution in [2.45, 2.75) is 43.8 Å². The highest BCUT2D eigenvalue weighted by molar-refractivity contribution is 6.35. The van der Waals surface area contributed by atoms with Crippen molar-refractivity contribution >= 4 is 46.9 Å². The highest BCUT2D eigenvalue weighted by Gasteiger charge is 2.46. The van der Waals surface area contributed by atoms with Gasteiger partial charge in [-0.1, -0.05) is 23.7 Å². The van der Waals surface area contributed by atoms with Gasteiger partial charge >= 0.3 is 24.0 Å². The molecule has 12 nitrogen and oxygen atoms in total. The largest absolute Gasteiger partial charge is 0.454 e. The Balaban J connectivity index is 0.984. The summed E-state index contributed by atoms with van der Waals surface area (Å²) in [5.41, 5.74) is 1.38. The van der Waals surface area contributed by atoms with Crippen molar-refractivity contribution in [1.82, 2.24) is 29.7 Å². The summed E-state index contributed by atoms with van der Waals surface area (Å²) in [5, 5.41) is 6.79. The lowest BCUT2D eigenvalue weighted by molar-refractivity contribution is -0.154. The van der Waals surface area contributed by atoms with E-state index in [9.17, 15) is 27.6 Å². The van der Waals surface area contributed by atoms with Crippen molar-refractivity contribution in [2.24, 2.45) is 11.8 Å². The predicted molar refractivity (Wildman–Crippen MR) is 177 cm³/mol. The van der Waals surface area contributed by atoms with E-state index in [1.54, 1.807) is 51.1 Å². The number of anilines is 3. The number of benzene rings is 2. The maximum Gasteiger partial charge on any atom is 0.422 e. The fraction of sp³-hybridized carbons (Fsp3) is 0.471. The van der Waals surface area contributed by atoms with E-state index in [4.69, 9.17) is 16.3 Å². The number of nitrogens with one attached hydrogen (secondary N) is 2. The van der Waals surface area contributed by atoms with Crippen LogP contribution < -0.4 is 15.4 Å². The van der Waals surface area contributed by atoms with Crippen LogP contribution in [0.3, 0.4) is 0 Å². The van der Waals surface area contributed by atoms with E-state index in [0.717, 1.165) is 37.7 Å². The second-order valence-corrected chi connectivity index (χ2v) is 13.8. The van der Waals surface area contributed by atoms with Crippen molar-refractivity contribution in [3.8, 4) is 6.01 Å². The number of nitrogens with zero attached hydrogens (tertiary/aromatic N) is 6. The fourth-order valence-corrected chi connectivity index (χ4v) is 7.10. The van der Waals surface area contributed by atoms with Gasteiger partial charge < -0.3 is 30.1 Å². The van der Waals surface area contributed by atoms with Crippen LogP contribution in [0.1, 0.15) is 48.0 Å². The molecule has 3 aliphatic heterocycles. The number of rotatable bonds is 8. The van der Waals surface area contributed by atoms with E-state index >= 15 is 0 Å². The molecule has 3 aromatic rings. The molecule has 4 aliphatic rings. The Morgan fingerprint density at radius 2 is 1.40 bits per heavy atom. The lowest BCUT2D eigenvalue weighted by atomic mass is 10.0. The van der Waals surface area contributed by atoms with Crippen LogP contribution in [0.4, 0.5) is 30.8 Å². The quantitative estimate of drug-likeness (QED) is 0.315. The molecule has 264 valence electrons. The van der Waals surface area contributed by atoms with Gasteiger partial charge in [0.25, 0.3) is 5.91 Å². The molecule has 2 atom stereocenters. The van der Waals surface area contributed by atoms with Crippen LogP contribution in [-0.4, -0.2) is 99.4 Å². The van der Waals surface area contributed by atoms with Crippen LogP contribution in [0.5, 0.6) is 6.01 Å². The third-order valence-corrected chi connectivity index (χ3v) is 10.0. The molecule has 50 heavy (non-hydrogen) atoms. The number of piperidine rings is 1. The average Bonchev–Trinajstić information content (AvgIpc) is 3.60. The molecule has 0 spiro atoms. The first-order valence-corrected chi connectivity index (χ1v) is 17.1. The summed E-state index contributed by atoms with van der Waals surface area (Å²) >= 11 is 6.04. The highest BCUT2D eigenvalue weighted by atomic mass is 35.5. The van der Waals surface area contributed by atoms with Gasteiger partial charge in [-0.25, -0.2) is 0 Å². The number of aromatic nitrogens is 3. The van der Waals surface area contributed by atoms with Crippen molar-refractivity contribution in [3.63, 3.8) is 0 Å². The maximum atomic E-state index is 13.4. The zero-order valence-corrected chi connectivity index (χ0v) is 27.8. The van der Waals surface area contributed by atoms with Gasteiger partial charge in [0, 0.05) is 67.4 Å². The van der Waals surface area contributed by atoms with Gasteiger partial charge in [0.2, 0.25) is 11.9 Å². The van der Waals surface area contributed by atoms with E-state index < -0.39 is 36.1 Å². The summed E-state index contributed by atoms with van der Waals surface area (Å²) in [6.07, 6.45) is -0.169. The van der Waals surface area contributed by atoms with Gasteiger partial charge in [-0.05, 0) is 74.1 Å². The first-order valence-electron chi connectivity index (χ1n) is 16.7. The summed E-state index contributed by atoms with van der Waals surface area (Å²) in [6.45, 7) is 1.56. The van der Waals surface area contributed by atoms with Gasteiger partial charge in [0.05, 0.1) is 5.54 Å². The summed E-state index contributed by atoms with van der Waals surface area (Å²) in [4.78, 5) is 56.6. The number of halogens is 4. The SMILES string of the molecule is O=C(C(=O)N1CC2CN(C(=O)c3ccc(Nc4nc(NC5(c6ccc(Cl)cc6)CC5)nc(OCC(F)(F)F)n4)cc3)CC2C1)N1CCCCC1. The van der Waals surface area contributed by atoms with Crippen molar-refractivity contribution in [3.05, 3.63) is 64.7 Å². The Kier molecular flexibility index (Phi) is 9.18. The monoisotopic (exact) mass is 712 g/mol. The summed E-state index contributed by atoms with van der Waals surface area (Å²) in [5.74, 6) is -0.826. The summed E-state index contributed by atoms with van der Waals surface area (Å²) in [6, 6.07) is 13.4. The van der Waals surface area contributed by atoms with Crippen LogP contribution >= 0.6 is 11.6 Å². The fourth-order valence-electron chi connectivity index (χ4n) is 6.97. The van der Waals surface area contributed by atoms with E-state index in [2.05, 4.69) is 25.6 Å².